The summed E-state index contributed by atoms with van der Waals surface area (Å²) in [5, 5.41) is 0. The highest BCUT2D eigenvalue weighted by Gasteiger charge is 2.28. The highest BCUT2D eigenvalue weighted by atomic mass is 79.9. The molecule has 0 spiro atoms. The van der Waals surface area contributed by atoms with Crippen LogP contribution < -0.4 is 4.74 Å². The molecule has 160 valence electrons. The topological polar surface area (TPSA) is 52.6 Å². The molecule has 3 rings (SSSR count). The van der Waals surface area contributed by atoms with Crippen molar-refractivity contribution in [2.45, 2.75) is 26.7 Å². The fraction of sp³-hybridized carbons (Fsp3) is 0.231. The van der Waals surface area contributed by atoms with E-state index in [-0.39, 0.29) is 16.9 Å². The zero-order valence-corrected chi connectivity index (χ0v) is 19.5. The number of halogens is 1. The molecule has 0 N–H and O–H groups in total. The van der Waals surface area contributed by atoms with Gasteiger partial charge >= 0.3 is 5.97 Å². The van der Waals surface area contributed by atoms with Gasteiger partial charge in [0.15, 0.2) is 5.78 Å². The van der Waals surface area contributed by atoms with Crippen LogP contribution in [0, 0.1) is 6.92 Å². The fourth-order valence-electron chi connectivity index (χ4n) is 3.39. The fourth-order valence-corrected chi connectivity index (χ4v) is 4.10. The highest BCUT2D eigenvalue weighted by Crippen LogP contribution is 2.42. The number of hydrogen-bond acceptors (Lipinski definition) is 4. The lowest BCUT2D eigenvalue weighted by Gasteiger charge is -2.19. The van der Waals surface area contributed by atoms with Crippen molar-refractivity contribution >= 4 is 27.7 Å². The second-order valence-corrected chi connectivity index (χ2v) is 7.99. The van der Waals surface area contributed by atoms with Gasteiger partial charge in [-0.15, -0.1) is 0 Å². The number of esters is 1. The third kappa shape index (κ3) is 4.88. The maximum absolute atomic E-state index is 13.4. The molecule has 5 heteroatoms. The summed E-state index contributed by atoms with van der Waals surface area (Å²) in [7, 11) is 1.30. The van der Waals surface area contributed by atoms with E-state index in [0.717, 1.165) is 29.5 Å². The molecule has 0 bridgehead atoms. The Kier molecular flexibility index (Phi) is 7.64. The monoisotopic (exact) mass is 480 g/mol. The molecule has 0 radical (unpaired) electrons. The predicted octanol–water partition coefficient (Wildman–Crippen LogP) is 6.62. The lowest BCUT2D eigenvalue weighted by atomic mass is 9.91. The van der Waals surface area contributed by atoms with Crippen LogP contribution in [0.15, 0.2) is 65.1 Å². The van der Waals surface area contributed by atoms with Gasteiger partial charge in [-0.05, 0) is 46.5 Å². The zero-order chi connectivity index (χ0) is 22.4. The van der Waals surface area contributed by atoms with Gasteiger partial charge in [-0.3, -0.25) is 4.79 Å². The molecule has 0 amide bonds. The van der Waals surface area contributed by atoms with Crippen molar-refractivity contribution in [3.05, 3.63) is 87.4 Å². The van der Waals surface area contributed by atoms with Crippen molar-refractivity contribution in [3.8, 4) is 16.9 Å². The zero-order valence-electron chi connectivity index (χ0n) is 17.9. The average molecular weight is 481 g/mol. The maximum atomic E-state index is 13.4. The Morgan fingerprint density at radius 1 is 0.968 bits per heavy atom. The molecule has 0 heterocycles. The summed E-state index contributed by atoms with van der Waals surface area (Å²) in [5.74, 6) is -0.313. The van der Waals surface area contributed by atoms with Crippen molar-refractivity contribution in [3.63, 3.8) is 0 Å². The summed E-state index contributed by atoms with van der Waals surface area (Å²) < 4.78 is 11.6. The van der Waals surface area contributed by atoms with Crippen LogP contribution in [0.3, 0.4) is 0 Å². The van der Waals surface area contributed by atoms with Crippen LogP contribution >= 0.6 is 15.9 Å². The number of carbonyl (C=O) groups excluding carboxylic acids is 2. The first-order chi connectivity index (χ1) is 15.0. The molecule has 0 saturated heterocycles. The summed E-state index contributed by atoms with van der Waals surface area (Å²) in [6.07, 6.45) is 1.85. The first-order valence-corrected chi connectivity index (χ1v) is 11.0. The number of rotatable bonds is 8. The SMILES string of the molecule is CCCCOc1c(-c2ccccc2C)cc(C(=O)c2ccccc2)c(C(=O)OC)c1Br. The molecule has 4 nitrogen and oxygen atoms in total. The van der Waals surface area contributed by atoms with Crippen LogP contribution in [-0.4, -0.2) is 25.5 Å². The number of methoxy groups -OCH3 is 1. The van der Waals surface area contributed by atoms with Crippen LogP contribution in [0.2, 0.25) is 0 Å². The summed E-state index contributed by atoms with van der Waals surface area (Å²) in [6, 6.07) is 18.5. The molecule has 0 atom stereocenters. The Morgan fingerprint density at radius 2 is 1.65 bits per heavy atom. The van der Waals surface area contributed by atoms with Gasteiger partial charge < -0.3 is 9.47 Å². The van der Waals surface area contributed by atoms with E-state index < -0.39 is 5.97 Å². The molecule has 3 aromatic rings. The number of benzene rings is 3. The molecular formula is C26H25BrO4. The van der Waals surface area contributed by atoms with Crippen molar-refractivity contribution in [1.82, 2.24) is 0 Å². The molecule has 0 aromatic heterocycles. The number of aryl methyl sites for hydroxylation is 1. The molecular weight excluding hydrogens is 456 g/mol. The average Bonchev–Trinajstić information content (AvgIpc) is 2.80. The summed E-state index contributed by atoms with van der Waals surface area (Å²) in [4.78, 5) is 26.1. The van der Waals surface area contributed by atoms with Gasteiger partial charge in [0.2, 0.25) is 0 Å². The van der Waals surface area contributed by atoms with E-state index in [2.05, 4.69) is 22.9 Å². The standard InChI is InChI=1S/C26H25BrO4/c1-4-5-15-31-25-20(19-14-10-9-11-17(19)2)16-21(22(23(25)27)26(29)30-3)24(28)18-12-7-6-8-13-18/h6-14,16H,4-5,15H2,1-3H3. The van der Waals surface area contributed by atoms with E-state index in [1.165, 1.54) is 7.11 Å². The maximum Gasteiger partial charge on any atom is 0.339 e. The van der Waals surface area contributed by atoms with Crippen LogP contribution in [0.1, 0.15) is 51.6 Å². The summed E-state index contributed by atoms with van der Waals surface area (Å²) >= 11 is 3.56. The number of ketones is 1. The Bertz CT molecular complexity index is 1090. The molecule has 31 heavy (non-hydrogen) atoms. The lowest BCUT2D eigenvalue weighted by Crippen LogP contribution is -2.14. The smallest absolute Gasteiger partial charge is 0.339 e. The first-order valence-electron chi connectivity index (χ1n) is 10.2. The largest absolute Gasteiger partial charge is 0.492 e. The van der Waals surface area contributed by atoms with Crippen molar-refractivity contribution in [1.29, 1.82) is 0 Å². The molecule has 0 aliphatic carbocycles. The van der Waals surface area contributed by atoms with E-state index >= 15 is 0 Å². The molecule has 3 aromatic carbocycles. The molecule has 0 fully saturated rings. The van der Waals surface area contributed by atoms with E-state index in [9.17, 15) is 9.59 Å². The van der Waals surface area contributed by atoms with Gasteiger partial charge in [-0.2, -0.15) is 0 Å². The number of unbranched alkanes of at least 4 members (excludes halogenated alkanes) is 1. The van der Waals surface area contributed by atoms with E-state index in [0.29, 0.717) is 22.4 Å². The Morgan fingerprint density at radius 3 is 2.29 bits per heavy atom. The number of carbonyl (C=O) groups is 2. The quantitative estimate of drug-likeness (QED) is 0.206. The van der Waals surface area contributed by atoms with Crippen LogP contribution in [-0.2, 0) is 4.74 Å². The molecule has 0 saturated carbocycles. The van der Waals surface area contributed by atoms with Gasteiger partial charge in [-0.25, -0.2) is 4.79 Å². The third-order valence-corrected chi connectivity index (χ3v) is 5.83. The minimum atomic E-state index is -0.595. The molecule has 0 aliphatic rings. The van der Waals surface area contributed by atoms with E-state index in [1.807, 2.05) is 37.3 Å². The minimum absolute atomic E-state index is 0.167. The Hall–Kier alpha value is -2.92. The third-order valence-electron chi connectivity index (χ3n) is 5.07. The van der Waals surface area contributed by atoms with Crippen molar-refractivity contribution in [2.75, 3.05) is 13.7 Å². The van der Waals surface area contributed by atoms with Gasteiger partial charge in [0.25, 0.3) is 0 Å². The first kappa shape index (κ1) is 22.8. The Labute approximate surface area is 191 Å². The number of ether oxygens (including phenoxy) is 2. The van der Waals surface area contributed by atoms with Crippen molar-refractivity contribution in [2.24, 2.45) is 0 Å². The lowest BCUT2D eigenvalue weighted by molar-refractivity contribution is 0.0596. The normalized spacial score (nSPS) is 10.6. The van der Waals surface area contributed by atoms with Gasteiger partial charge in [0, 0.05) is 16.7 Å². The summed E-state index contributed by atoms with van der Waals surface area (Å²) in [6.45, 7) is 4.59. The van der Waals surface area contributed by atoms with Crippen LogP contribution in [0.25, 0.3) is 11.1 Å². The Balaban J connectivity index is 2.30. The second kappa shape index (κ2) is 10.4. The molecule has 0 unspecified atom stereocenters. The second-order valence-electron chi connectivity index (χ2n) is 7.19. The van der Waals surface area contributed by atoms with E-state index in [1.54, 1.807) is 30.3 Å². The minimum Gasteiger partial charge on any atom is -0.492 e. The molecule has 0 aliphatic heterocycles. The van der Waals surface area contributed by atoms with Crippen molar-refractivity contribution < 1.29 is 19.1 Å². The van der Waals surface area contributed by atoms with Gasteiger partial charge in [0.1, 0.15) is 5.75 Å². The highest BCUT2D eigenvalue weighted by molar-refractivity contribution is 9.10. The van der Waals surface area contributed by atoms with E-state index in [4.69, 9.17) is 9.47 Å². The van der Waals surface area contributed by atoms with Gasteiger partial charge in [-0.1, -0.05) is 67.9 Å². The number of hydrogen-bond donors (Lipinski definition) is 0. The van der Waals surface area contributed by atoms with Gasteiger partial charge in [0.05, 0.1) is 23.8 Å². The summed E-state index contributed by atoms with van der Waals surface area (Å²) in [5.41, 5.74) is 3.67. The van der Waals surface area contributed by atoms with Crippen LogP contribution in [0.4, 0.5) is 0 Å². The predicted molar refractivity (Wildman–Crippen MR) is 126 cm³/mol. The van der Waals surface area contributed by atoms with Crippen LogP contribution in [0.5, 0.6) is 5.75 Å².